The number of carbonyl (C=O) groups is 3. The minimum Gasteiger partial charge on any atom is -0.276 e. The third-order valence-electron chi connectivity index (χ3n) is 3.83. The van der Waals surface area contributed by atoms with Crippen molar-refractivity contribution in [1.29, 1.82) is 0 Å². The van der Waals surface area contributed by atoms with Crippen LogP contribution in [0.4, 0.5) is 10.5 Å². The zero-order valence-corrected chi connectivity index (χ0v) is 12.6. The Labute approximate surface area is 128 Å². The normalized spacial score (nSPS) is 20.9. The number of rotatable bonds is 1. The molecule has 1 saturated heterocycles. The summed E-state index contributed by atoms with van der Waals surface area (Å²) in [7, 11) is 0. The molecule has 1 N–H and O–H groups in total. The molecule has 1 aliphatic heterocycles. The number of hydrogen-bond acceptors (Lipinski definition) is 3. The van der Waals surface area contributed by atoms with Gasteiger partial charge in [-0.05, 0) is 47.0 Å². The number of barbiturate groups is 1. The van der Waals surface area contributed by atoms with Gasteiger partial charge in [0.25, 0.3) is 5.91 Å². The first-order valence-electron chi connectivity index (χ1n) is 6.11. The van der Waals surface area contributed by atoms with Crippen LogP contribution >= 0.6 is 27.5 Å². The molecule has 104 valence electrons. The molecule has 1 aromatic carbocycles. The van der Waals surface area contributed by atoms with Crippen LogP contribution in [0.1, 0.15) is 19.3 Å². The van der Waals surface area contributed by atoms with Crippen molar-refractivity contribution in [2.45, 2.75) is 19.3 Å². The van der Waals surface area contributed by atoms with Gasteiger partial charge >= 0.3 is 6.03 Å². The van der Waals surface area contributed by atoms with Gasteiger partial charge in [-0.2, -0.15) is 0 Å². The van der Waals surface area contributed by atoms with Crippen molar-refractivity contribution < 1.29 is 14.4 Å². The standard InChI is InChI=1S/C13H10BrClN2O3/c14-8-3-2-7(15)6-9(8)17-11(19)13(4-1-5-13)10(18)16-12(17)20/h2-3,6H,1,4-5H2,(H,16,18,20). The molecule has 0 aromatic heterocycles. The maximum absolute atomic E-state index is 12.6. The molecule has 7 heteroatoms. The van der Waals surface area contributed by atoms with E-state index in [0.29, 0.717) is 28.0 Å². The maximum Gasteiger partial charge on any atom is 0.335 e. The largest absolute Gasteiger partial charge is 0.335 e. The monoisotopic (exact) mass is 356 g/mol. The summed E-state index contributed by atoms with van der Waals surface area (Å²) in [6.07, 6.45) is 1.75. The quantitative estimate of drug-likeness (QED) is 0.786. The molecule has 20 heavy (non-hydrogen) atoms. The molecule has 1 spiro atoms. The second-order valence-corrected chi connectivity index (χ2v) is 6.22. The van der Waals surface area contributed by atoms with Gasteiger partial charge in [0.15, 0.2) is 0 Å². The van der Waals surface area contributed by atoms with Crippen LogP contribution in [-0.4, -0.2) is 17.8 Å². The van der Waals surface area contributed by atoms with E-state index in [9.17, 15) is 14.4 Å². The van der Waals surface area contributed by atoms with Gasteiger partial charge < -0.3 is 0 Å². The van der Waals surface area contributed by atoms with Gasteiger partial charge in [-0.3, -0.25) is 14.9 Å². The summed E-state index contributed by atoms with van der Waals surface area (Å²) in [6.45, 7) is 0. The first kappa shape index (κ1) is 13.6. The fourth-order valence-corrected chi connectivity index (χ4v) is 3.11. The van der Waals surface area contributed by atoms with Gasteiger partial charge in [0.05, 0.1) is 5.69 Å². The smallest absolute Gasteiger partial charge is 0.276 e. The minimum absolute atomic E-state index is 0.346. The topological polar surface area (TPSA) is 66.5 Å². The van der Waals surface area contributed by atoms with Gasteiger partial charge in [0.2, 0.25) is 5.91 Å². The van der Waals surface area contributed by atoms with E-state index in [0.717, 1.165) is 11.3 Å². The third kappa shape index (κ3) is 1.78. The van der Waals surface area contributed by atoms with E-state index in [4.69, 9.17) is 11.6 Å². The minimum atomic E-state index is -1.09. The van der Waals surface area contributed by atoms with Crippen molar-refractivity contribution in [3.8, 4) is 0 Å². The lowest BCUT2D eigenvalue weighted by Gasteiger charge is -2.44. The van der Waals surface area contributed by atoms with E-state index in [-0.39, 0.29) is 0 Å². The molecule has 0 unspecified atom stereocenters. The Morgan fingerprint density at radius 2 is 1.95 bits per heavy atom. The molecule has 0 atom stereocenters. The van der Waals surface area contributed by atoms with Crippen molar-refractivity contribution in [3.63, 3.8) is 0 Å². The molecule has 4 amide bonds. The fourth-order valence-electron chi connectivity index (χ4n) is 2.52. The number of imide groups is 2. The molecule has 0 radical (unpaired) electrons. The molecule has 1 aliphatic carbocycles. The predicted octanol–water partition coefficient (Wildman–Crippen LogP) is 2.86. The molecular formula is C13H10BrClN2O3. The first-order valence-corrected chi connectivity index (χ1v) is 7.28. The molecule has 1 heterocycles. The first-order chi connectivity index (χ1) is 9.45. The summed E-state index contributed by atoms with van der Waals surface area (Å²) in [5, 5.41) is 2.67. The molecule has 1 aromatic rings. The number of urea groups is 1. The number of anilines is 1. The van der Waals surface area contributed by atoms with Gasteiger partial charge in [0.1, 0.15) is 5.41 Å². The Hall–Kier alpha value is -1.40. The number of benzene rings is 1. The van der Waals surface area contributed by atoms with Crippen LogP contribution in [0, 0.1) is 5.41 Å². The van der Waals surface area contributed by atoms with Crippen molar-refractivity contribution in [2.75, 3.05) is 4.90 Å². The Balaban J connectivity index is 2.08. The van der Waals surface area contributed by atoms with Gasteiger partial charge in [-0.1, -0.05) is 18.0 Å². The summed E-state index contributed by atoms with van der Waals surface area (Å²) < 4.78 is 0.564. The van der Waals surface area contributed by atoms with E-state index in [1.807, 2.05) is 0 Å². The summed E-state index contributed by atoms with van der Waals surface area (Å²) in [5.74, 6) is -0.964. The molecule has 1 saturated carbocycles. The molecule has 0 bridgehead atoms. The molecule has 2 fully saturated rings. The van der Waals surface area contributed by atoms with E-state index in [1.165, 1.54) is 6.07 Å². The second-order valence-electron chi connectivity index (χ2n) is 4.93. The highest BCUT2D eigenvalue weighted by Gasteiger charge is 2.57. The van der Waals surface area contributed by atoms with E-state index < -0.39 is 23.3 Å². The van der Waals surface area contributed by atoms with Crippen LogP contribution in [0.5, 0.6) is 0 Å². The molecule has 5 nitrogen and oxygen atoms in total. The van der Waals surface area contributed by atoms with Crippen LogP contribution in [0.3, 0.4) is 0 Å². The lowest BCUT2D eigenvalue weighted by molar-refractivity contribution is -0.148. The zero-order chi connectivity index (χ0) is 14.5. The number of amides is 4. The summed E-state index contributed by atoms with van der Waals surface area (Å²) >= 11 is 9.22. The average Bonchev–Trinajstić information content (AvgIpc) is 2.31. The molecular weight excluding hydrogens is 348 g/mol. The number of halogens is 2. The Bertz CT molecular complexity index is 643. The fraction of sp³-hybridized carbons (Fsp3) is 0.308. The van der Waals surface area contributed by atoms with Crippen LogP contribution in [0.25, 0.3) is 0 Å². The maximum atomic E-state index is 12.6. The van der Waals surface area contributed by atoms with Crippen molar-refractivity contribution in [2.24, 2.45) is 5.41 Å². The molecule has 3 rings (SSSR count). The highest BCUT2D eigenvalue weighted by molar-refractivity contribution is 9.10. The van der Waals surface area contributed by atoms with Crippen molar-refractivity contribution >= 4 is 51.1 Å². The zero-order valence-electron chi connectivity index (χ0n) is 10.3. The number of carbonyl (C=O) groups excluding carboxylic acids is 3. The number of hydrogen-bond donors (Lipinski definition) is 1. The Kier molecular flexibility index (Phi) is 3.10. The molecule has 2 aliphatic rings. The average molecular weight is 358 g/mol. The third-order valence-corrected chi connectivity index (χ3v) is 4.73. The lowest BCUT2D eigenvalue weighted by atomic mass is 9.66. The predicted molar refractivity (Wildman–Crippen MR) is 76.5 cm³/mol. The Morgan fingerprint density at radius 1 is 1.25 bits per heavy atom. The summed E-state index contributed by atoms with van der Waals surface area (Å²) in [4.78, 5) is 37.5. The van der Waals surface area contributed by atoms with E-state index in [1.54, 1.807) is 12.1 Å². The highest BCUT2D eigenvalue weighted by atomic mass is 79.9. The number of nitrogens with one attached hydrogen (secondary N) is 1. The second kappa shape index (κ2) is 4.56. The van der Waals surface area contributed by atoms with Gasteiger partial charge in [-0.15, -0.1) is 0 Å². The van der Waals surface area contributed by atoms with Gasteiger partial charge in [0, 0.05) is 9.50 Å². The van der Waals surface area contributed by atoms with Gasteiger partial charge in [-0.25, -0.2) is 9.69 Å². The number of nitrogens with zero attached hydrogens (tertiary/aromatic N) is 1. The van der Waals surface area contributed by atoms with Crippen LogP contribution < -0.4 is 10.2 Å². The lowest BCUT2D eigenvalue weighted by Crippen LogP contribution is -2.66. The highest BCUT2D eigenvalue weighted by Crippen LogP contribution is 2.46. The summed E-state index contributed by atoms with van der Waals surface area (Å²) in [6, 6.07) is 4.08. The van der Waals surface area contributed by atoms with Crippen molar-refractivity contribution in [3.05, 3.63) is 27.7 Å². The summed E-state index contributed by atoms with van der Waals surface area (Å²) in [5.41, 5.74) is -0.742. The van der Waals surface area contributed by atoms with E-state index in [2.05, 4.69) is 21.2 Å². The van der Waals surface area contributed by atoms with Crippen molar-refractivity contribution in [1.82, 2.24) is 5.32 Å². The Morgan fingerprint density at radius 3 is 2.55 bits per heavy atom. The van der Waals surface area contributed by atoms with Crippen LogP contribution in [-0.2, 0) is 9.59 Å². The van der Waals surface area contributed by atoms with Crippen LogP contribution in [0.2, 0.25) is 5.02 Å². The van der Waals surface area contributed by atoms with Crippen LogP contribution in [0.15, 0.2) is 22.7 Å². The SMILES string of the molecule is O=C1NC(=O)C2(CCC2)C(=O)N1c1cc(Cl)ccc1Br. The van der Waals surface area contributed by atoms with E-state index >= 15 is 0 Å².